The number of carbonyl (C=O) groups is 1. The third-order valence-corrected chi connectivity index (χ3v) is 6.72. The monoisotopic (exact) mass is 486 g/mol. The summed E-state index contributed by atoms with van der Waals surface area (Å²) in [6, 6.07) is 9.46. The Hall–Kier alpha value is -2.72. The van der Waals surface area contributed by atoms with Gasteiger partial charge in [0, 0.05) is 50.2 Å². The van der Waals surface area contributed by atoms with E-state index in [1.54, 1.807) is 12.3 Å². The summed E-state index contributed by atoms with van der Waals surface area (Å²) in [7, 11) is 0. The molecule has 1 aromatic carbocycles. The first-order chi connectivity index (χ1) is 15.9. The SMILES string of the molecule is Cc1cc(Nc2ncc(C(=O)Nc3c(C)cccc3Cl)s2)cc(N2CCN(CCO)CC2)n1. The first-order valence-corrected chi connectivity index (χ1v) is 12.0. The molecule has 3 aromatic rings. The second-order valence-electron chi connectivity index (χ2n) is 7.95. The number of nitrogens with one attached hydrogen (secondary N) is 2. The molecule has 0 atom stereocenters. The van der Waals surface area contributed by atoms with Gasteiger partial charge < -0.3 is 20.6 Å². The quantitative estimate of drug-likeness (QED) is 0.466. The predicted molar refractivity (Wildman–Crippen MR) is 134 cm³/mol. The van der Waals surface area contributed by atoms with E-state index in [4.69, 9.17) is 21.7 Å². The molecule has 0 unspecified atom stereocenters. The molecule has 33 heavy (non-hydrogen) atoms. The maximum atomic E-state index is 12.7. The number of hydrogen-bond donors (Lipinski definition) is 3. The highest BCUT2D eigenvalue weighted by Gasteiger charge is 2.19. The van der Waals surface area contributed by atoms with E-state index in [1.807, 2.05) is 38.1 Å². The number of thiazole rings is 1. The first kappa shape index (κ1) is 23.4. The smallest absolute Gasteiger partial charge is 0.267 e. The van der Waals surface area contributed by atoms with Crippen LogP contribution in [0.3, 0.4) is 0 Å². The van der Waals surface area contributed by atoms with E-state index in [9.17, 15) is 4.79 Å². The second-order valence-corrected chi connectivity index (χ2v) is 9.39. The molecule has 1 aliphatic heterocycles. The van der Waals surface area contributed by atoms with E-state index in [1.165, 1.54) is 11.3 Å². The fourth-order valence-corrected chi connectivity index (χ4v) is 4.75. The summed E-state index contributed by atoms with van der Waals surface area (Å²) < 4.78 is 0. The van der Waals surface area contributed by atoms with Gasteiger partial charge in [0.2, 0.25) is 0 Å². The number of hydrogen-bond acceptors (Lipinski definition) is 8. The largest absolute Gasteiger partial charge is 0.395 e. The molecule has 0 saturated carbocycles. The van der Waals surface area contributed by atoms with Crippen molar-refractivity contribution in [1.82, 2.24) is 14.9 Å². The summed E-state index contributed by atoms with van der Waals surface area (Å²) in [5, 5.41) is 16.5. The molecule has 0 spiro atoms. The van der Waals surface area contributed by atoms with Crippen LogP contribution in [0.15, 0.2) is 36.5 Å². The van der Waals surface area contributed by atoms with Crippen LogP contribution in [-0.4, -0.2) is 65.2 Å². The number of nitrogens with zero attached hydrogens (tertiary/aromatic N) is 4. The Labute approximate surface area is 202 Å². The van der Waals surface area contributed by atoms with Crippen molar-refractivity contribution in [2.24, 2.45) is 0 Å². The summed E-state index contributed by atoms with van der Waals surface area (Å²) in [4.78, 5) is 26.8. The van der Waals surface area contributed by atoms with Crippen molar-refractivity contribution in [3.63, 3.8) is 0 Å². The van der Waals surface area contributed by atoms with E-state index >= 15 is 0 Å². The molecule has 8 nitrogen and oxygen atoms in total. The van der Waals surface area contributed by atoms with Gasteiger partial charge in [0.25, 0.3) is 5.91 Å². The number of benzene rings is 1. The molecule has 1 fully saturated rings. The predicted octanol–water partition coefficient (Wildman–Crippen LogP) is 3.92. The van der Waals surface area contributed by atoms with Gasteiger partial charge in [-0.05, 0) is 31.5 Å². The van der Waals surface area contributed by atoms with Gasteiger partial charge in [0.05, 0.1) is 23.5 Å². The third-order valence-electron chi connectivity index (χ3n) is 5.49. The van der Waals surface area contributed by atoms with Crippen LogP contribution in [0.2, 0.25) is 5.02 Å². The first-order valence-electron chi connectivity index (χ1n) is 10.8. The number of β-amino-alcohol motifs (C(OH)–C–C–N with tert-alkyl or cyclic N) is 1. The number of anilines is 4. The molecule has 10 heteroatoms. The van der Waals surface area contributed by atoms with E-state index in [0.29, 0.717) is 27.3 Å². The van der Waals surface area contributed by atoms with Gasteiger partial charge >= 0.3 is 0 Å². The highest BCUT2D eigenvalue weighted by atomic mass is 35.5. The molecule has 0 aliphatic carbocycles. The Balaban J connectivity index is 1.43. The standard InChI is InChI=1S/C23H27ClN6O2S/c1-15-4-3-5-18(24)21(15)28-22(32)19-14-25-23(33-19)27-17-12-16(2)26-20(13-17)30-8-6-29(7-9-30)10-11-31/h3-5,12-14,31H,6-11H2,1-2H3,(H,28,32)(H,25,26,27). The zero-order valence-electron chi connectivity index (χ0n) is 18.6. The molecular weight excluding hydrogens is 460 g/mol. The highest BCUT2D eigenvalue weighted by Crippen LogP contribution is 2.29. The molecule has 3 N–H and O–H groups in total. The minimum atomic E-state index is -0.246. The summed E-state index contributed by atoms with van der Waals surface area (Å²) in [5.74, 6) is 0.661. The van der Waals surface area contributed by atoms with Gasteiger partial charge in [-0.15, -0.1) is 0 Å². The lowest BCUT2D eigenvalue weighted by molar-refractivity contribution is 0.103. The van der Waals surface area contributed by atoms with Crippen LogP contribution in [0.1, 0.15) is 20.9 Å². The van der Waals surface area contributed by atoms with Crippen molar-refractivity contribution in [1.29, 1.82) is 0 Å². The molecule has 3 heterocycles. The average molecular weight is 487 g/mol. The molecule has 0 bridgehead atoms. The Kier molecular flexibility index (Phi) is 7.44. The second kappa shape index (κ2) is 10.5. The van der Waals surface area contributed by atoms with E-state index in [0.717, 1.165) is 48.9 Å². The lowest BCUT2D eigenvalue weighted by Crippen LogP contribution is -2.47. The number of rotatable bonds is 7. The third kappa shape index (κ3) is 5.80. The maximum absolute atomic E-state index is 12.7. The highest BCUT2D eigenvalue weighted by molar-refractivity contribution is 7.17. The maximum Gasteiger partial charge on any atom is 0.267 e. The lowest BCUT2D eigenvalue weighted by Gasteiger charge is -2.35. The fourth-order valence-electron chi connectivity index (χ4n) is 3.75. The number of aryl methyl sites for hydroxylation is 2. The molecule has 2 aromatic heterocycles. The summed E-state index contributed by atoms with van der Waals surface area (Å²) in [6.45, 7) is 8.27. The van der Waals surface area contributed by atoms with Crippen LogP contribution in [0.4, 0.5) is 22.3 Å². The van der Waals surface area contributed by atoms with Crippen LogP contribution in [0.25, 0.3) is 0 Å². The average Bonchev–Trinajstić information content (AvgIpc) is 3.25. The van der Waals surface area contributed by atoms with E-state index < -0.39 is 0 Å². The Morgan fingerprint density at radius 2 is 2.00 bits per heavy atom. The minimum absolute atomic E-state index is 0.183. The minimum Gasteiger partial charge on any atom is -0.395 e. The van der Waals surface area contributed by atoms with Gasteiger partial charge in [0.1, 0.15) is 10.7 Å². The van der Waals surface area contributed by atoms with Crippen LogP contribution in [0.5, 0.6) is 0 Å². The number of aliphatic hydroxyl groups excluding tert-OH is 1. The molecular formula is C23H27ClN6O2S. The van der Waals surface area contributed by atoms with Crippen molar-refractivity contribution in [2.45, 2.75) is 13.8 Å². The van der Waals surface area contributed by atoms with Gasteiger partial charge in [-0.1, -0.05) is 35.1 Å². The van der Waals surface area contributed by atoms with Crippen molar-refractivity contribution < 1.29 is 9.90 Å². The summed E-state index contributed by atoms with van der Waals surface area (Å²) in [5.41, 5.74) is 3.28. The number of halogens is 1. The summed E-state index contributed by atoms with van der Waals surface area (Å²) in [6.07, 6.45) is 1.56. The van der Waals surface area contributed by atoms with Gasteiger partial charge in [-0.2, -0.15) is 0 Å². The summed E-state index contributed by atoms with van der Waals surface area (Å²) >= 11 is 7.51. The van der Waals surface area contributed by atoms with Crippen molar-refractivity contribution in [2.75, 3.05) is 54.9 Å². The number of aliphatic hydroxyl groups is 1. The normalized spacial score (nSPS) is 14.4. The molecule has 1 aliphatic rings. The van der Waals surface area contributed by atoms with Crippen molar-refractivity contribution in [3.8, 4) is 0 Å². The molecule has 1 amide bonds. The number of aromatic nitrogens is 2. The van der Waals surface area contributed by atoms with Crippen LogP contribution < -0.4 is 15.5 Å². The molecule has 1 saturated heterocycles. The molecule has 174 valence electrons. The lowest BCUT2D eigenvalue weighted by atomic mass is 10.2. The van der Waals surface area contributed by atoms with Crippen LogP contribution >= 0.6 is 22.9 Å². The Bertz CT molecular complexity index is 1110. The topological polar surface area (TPSA) is 93.6 Å². The zero-order valence-corrected chi connectivity index (χ0v) is 20.2. The Morgan fingerprint density at radius 3 is 2.73 bits per heavy atom. The zero-order chi connectivity index (χ0) is 23.4. The fraction of sp³-hybridized carbons (Fsp3) is 0.348. The van der Waals surface area contributed by atoms with Gasteiger partial charge in [0.15, 0.2) is 5.13 Å². The van der Waals surface area contributed by atoms with E-state index in [-0.39, 0.29) is 12.5 Å². The van der Waals surface area contributed by atoms with Crippen molar-refractivity contribution in [3.05, 3.63) is 57.7 Å². The number of amides is 1. The van der Waals surface area contributed by atoms with Crippen LogP contribution in [-0.2, 0) is 0 Å². The van der Waals surface area contributed by atoms with E-state index in [2.05, 4.69) is 25.4 Å². The number of para-hydroxylation sites is 1. The molecule has 0 radical (unpaired) electrons. The Morgan fingerprint density at radius 1 is 1.21 bits per heavy atom. The van der Waals surface area contributed by atoms with Crippen molar-refractivity contribution >= 4 is 51.2 Å². The van der Waals surface area contributed by atoms with Gasteiger partial charge in [-0.3, -0.25) is 9.69 Å². The number of piperazine rings is 1. The number of carbonyl (C=O) groups excluding carboxylic acids is 1. The van der Waals surface area contributed by atoms with Gasteiger partial charge in [-0.25, -0.2) is 9.97 Å². The van der Waals surface area contributed by atoms with Crippen LogP contribution in [0, 0.1) is 13.8 Å². The number of pyridine rings is 1. The molecule has 4 rings (SSSR count).